The fourth-order valence-corrected chi connectivity index (χ4v) is 2.01. The Bertz CT molecular complexity index is 749. The van der Waals surface area contributed by atoms with Crippen LogP contribution in [0.4, 0.5) is 15.3 Å². The van der Waals surface area contributed by atoms with Crippen molar-refractivity contribution >= 4 is 17.7 Å². The third-order valence-electron chi connectivity index (χ3n) is 3.43. The van der Waals surface area contributed by atoms with Gasteiger partial charge in [-0.1, -0.05) is 43.1 Å². The summed E-state index contributed by atoms with van der Waals surface area (Å²) in [4.78, 5) is 27.2. The summed E-state index contributed by atoms with van der Waals surface area (Å²) >= 11 is 0. The second kappa shape index (κ2) is 8.14. The van der Waals surface area contributed by atoms with Crippen molar-refractivity contribution in [2.45, 2.75) is 32.7 Å². The fourth-order valence-electron chi connectivity index (χ4n) is 2.01. The molecule has 0 radical (unpaired) electrons. The maximum atomic E-state index is 11.7. The van der Waals surface area contributed by atoms with Gasteiger partial charge in [0.05, 0.1) is 0 Å². The normalized spacial score (nSPS) is 11.3. The van der Waals surface area contributed by atoms with Crippen molar-refractivity contribution in [3.8, 4) is 0 Å². The van der Waals surface area contributed by atoms with Gasteiger partial charge in [0.15, 0.2) is 0 Å². The van der Waals surface area contributed by atoms with E-state index in [1.807, 2.05) is 12.1 Å². The molecular weight excluding hydrogens is 318 g/mol. The number of urea groups is 2. The molecule has 7 nitrogen and oxygen atoms in total. The number of carbonyl (C=O) groups excluding carboxylic acids is 2. The van der Waals surface area contributed by atoms with Gasteiger partial charge in [-0.2, -0.15) is 0 Å². The predicted octanol–water partition coefficient (Wildman–Crippen LogP) is 4.27. The molecule has 2 rings (SSSR count). The summed E-state index contributed by atoms with van der Waals surface area (Å²) in [7, 11) is 0. The summed E-state index contributed by atoms with van der Waals surface area (Å²) in [5.74, 6) is 0. The molecule has 0 aliphatic heterocycles. The zero-order chi connectivity index (χ0) is 18.3. The van der Waals surface area contributed by atoms with E-state index in [1.165, 1.54) is 0 Å². The van der Waals surface area contributed by atoms with E-state index in [1.54, 1.807) is 36.7 Å². The molecule has 0 aliphatic rings. The molecule has 0 bridgehead atoms. The molecule has 2 aromatic rings. The molecule has 25 heavy (non-hydrogen) atoms. The Morgan fingerprint density at radius 2 is 1.56 bits per heavy atom. The highest BCUT2D eigenvalue weighted by Crippen LogP contribution is 2.23. The van der Waals surface area contributed by atoms with Gasteiger partial charge >= 0.3 is 12.1 Å². The van der Waals surface area contributed by atoms with Crippen molar-refractivity contribution in [3.63, 3.8) is 0 Å². The van der Waals surface area contributed by atoms with Crippen LogP contribution >= 0.6 is 0 Å². The maximum absolute atomic E-state index is 11.7. The van der Waals surface area contributed by atoms with Crippen LogP contribution in [0.2, 0.25) is 0 Å². The Morgan fingerprint density at radius 3 is 2.16 bits per heavy atom. The van der Waals surface area contributed by atoms with E-state index >= 15 is 0 Å². The molecular formula is C18H21N5O2. The molecule has 0 fully saturated rings. The van der Waals surface area contributed by atoms with Gasteiger partial charge in [-0.05, 0) is 40.8 Å². The molecule has 1 aromatic carbocycles. The van der Waals surface area contributed by atoms with E-state index < -0.39 is 12.1 Å². The summed E-state index contributed by atoms with van der Waals surface area (Å²) < 4.78 is 0. The van der Waals surface area contributed by atoms with E-state index in [2.05, 4.69) is 46.6 Å². The molecule has 130 valence electrons. The minimum atomic E-state index is -0.706. The Morgan fingerprint density at radius 1 is 0.960 bits per heavy atom. The fraction of sp³-hybridized carbons (Fsp3) is 0.278. The lowest BCUT2D eigenvalue weighted by Crippen LogP contribution is -2.19. The molecule has 1 aromatic heterocycles. The Labute approximate surface area is 146 Å². The molecule has 0 saturated heterocycles. The average molecular weight is 339 g/mol. The second-order valence-corrected chi connectivity index (χ2v) is 6.47. The number of aromatic nitrogens is 1. The summed E-state index contributed by atoms with van der Waals surface area (Å²) in [5.41, 5.74) is 2.66. The molecule has 0 unspecified atom stereocenters. The van der Waals surface area contributed by atoms with Crippen molar-refractivity contribution < 1.29 is 9.59 Å². The molecule has 0 saturated carbocycles. The van der Waals surface area contributed by atoms with Crippen LogP contribution in [0, 0.1) is 0 Å². The first-order valence-corrected chi connectivity index (χ1v) is 7.84. The van der Waals surface area contributed by atoms with Crippen LogP contribution in [0.1, 0.15) is 31.9 Å². The quantitative estimate of drug-likeness (QED) is 0.817. The average Bonchev–Trinajstić information content (AvgIpc) is 2.59. The highest BCUT2D eigenvalue weighted by atomic mass is 16.2. The number of hydrogen-bond donors (Lipinski definition) is 2. The molecule has 2 N–H and O–H groups in total. The van der Waals surface area contributed by atoms with Crippen molar-refractivity contribution in [2.24, 2.45) is 10.2 Å². The van der Waals surface area contributed by atoms with E-state index in [0.717, 1.165) is 11.1 Å². The molecule has 0 spiro atoms. The van der Waals surface area contributed by atoms with Crippen molar-refractivity contribution in [2.75, 3.05) is 5.32 Å². The number of benzene rings is 1. The lowest BCUT2D eigenvalue weighted by Gasteiger charge is -2.19. The third kappa shape index (κ3) is 6.14. The van der Waals surface area contributed by atoms with Gasteiger partial charge in [0.2, 0.25) is 0 Å². The first-order valence-electron chi connectivity index (χ1n) is 7.84. The minimum absolute atomic E-state index is 0.0369. The molecule has 0 aliphatic carbocycles. The highest BCUT2D eigenvalue weighted by Gasteiger charge is 2.13. The van der Waals surface area contributed by atoms with Crippen molar-refractivity contribution in [1.82, 2.24) is 10.3 Å². The van der Waals surface area contributed by atoms with E-state index in [-0.39, 0.29) is 12.0 Å². The van der Waals surface area contributed by atoms with Crippen LogP contribution < -0.4 is 10.6 Å². The number of pyridine rings is 1. The Kier molecular flexibility index (Phi) is 5.94. The largest absolute Gasteiger partial charge is 0.364 e. The summed E-state index contributed by atoms with van der Waals surface area (Å²) in [6.07, 6.45) is 3.25. The Hall–Kier alpha value is -3.09. The number of nitrogens with zero attached hydrogens (tertiary/aromatic N) is 3. The van der Waals surface area contributed by atoms with Crippen LogP contribution in [0.15, 0.2) is 59.0 Å². The highest BCUT2D eigenvalue weighted by molar-refractivity contribution is 5.90. The first-order chi connectivity index (χ1) is 11.8. The summed E-state index contributed by atoms with van der Waals surface area (Å²) in [5, 5.41) is 11.8. The predicted molar refractivity (Wildman–Crippen MR) is 95.5 cm³/mol. The smallest absolute Gasteiger partial charge is 0.331 e. The van der Waals surface area contributed by atoms with Gasteiger partial charge in [0, 0.05) is 24.6 Å². The number of rotatable bonds is 3. The Balaban J connectivity index is 1.82. The van der Waals surface area contributed by atoms with Crippen LogP contribution in [0.3, 0.4) is 0 Å². The van der Waals surface area contributed by atoms with Crippen LogP contribution in [0.25, 0.3) is 0 Å². The van der Waals surface area contributed by atoms with E-state index in [0.29, 0.717) is 5.69 Å². The zero-order valence-corrected chi connectivity index (χ0v) is 14.5. The van der Waals surface area contributed by atoms with Crippen LogP contribution in [-0.4, -0.2) is 17.0 Å². The SMILES string of the molecule is CC(C)(C)c1ccc(NC(=O)/N=N/C(=O)NCc2ccncc2)cc1. The molecule has 7 heteroatoms. The number of azo groups is 1. The van der Waals surface area contributed by atoms with Crippen LogP contribution in [-0.2, 0) is 12.0 Å². The van der Waals surface area contributed by atoms with Gasteiger partial charge in [-0.25, -0.2) is 9.59 Å². The monoisotopic (exact) mass is 339 g/mol. The van der Waals surface area contributed by atoms with Crippen LogP contribution in [0.5, 0.6) is 0 Å². The molecule has 4 amide bonds. The first kappa shape index (κ1) is 18.3. The standard InChI is InChI=1S/C18H21N5O2/c1-18(2,3)14-4-6-15(7-5-14)21-17(25)23-22-16(24)20-12-13-8-10-19-11-9-13/h4-11H,12H2,1-3H3,(H,20,24)(H,21,25)/b23-22+. The summed E-state index contributed by atoms with van der Waals surface area (Å²) in [6.45, 7) is 6.62. The van der Waals surface area contributed by atoms with Crippen molar-refractivity contribution in [3.05, 3.63) is 59.9 Å². The van der Waals surface area contributed by atoms with E-state index in [9.17, 15) is 9.59 Å². The number of hydrogen-bond acceptors (Lipinski definition) is 3. The third-order valence-corrected chi connectivity index (χ3v) is 3.43. The number of anilines is 1. The van der Waals surface area contributed by atoms with Crippen molar-refractivity contribution in [1.29, 1.82) is 0 Å². The van der Waals surface area contributed by atoms with Gasteiger partial charge in [-0.15, -0.1) is 0 Å². The second-order valence-electron chi connectivity index (χ2n) is 6.47. The maximum Gasteiger partial charge on any atom is 0.364 e. The van der Waals surface area contributed by atoms with Gasteiger partial charge in [0.1, 0.15) is 0 Å². The van der Waals surface area contributed by atoms with Gasteiger partial charge < -0.3 is 10.6 Å². The number of carbonyl (C=O) groups is 2. The lowest BCUT2D eigenvalue weighted by molar-refractivity contribution is 0.244. The van der Waals surface area contributed by atoms with E-state index in [4.69, 9.17) is 0 Å². The van der Waals surface area contributed by atoms with Gasteiger partial charge in [0.25, 0.3) is 0 Å². The zero-order valence-electron chi connectivity index (χ0n) is 14.5. The summed E-state index contributed by atoms with van der Waals surface area (Å²) in [6, 6.07) is 9.60. The molecule has 0 atom stereocenters. The number of amides is 4. The van der Waals surface area contributed by atoms with Gasteiger partial charge in [-0.3, -0.25) is 4.98 Å². The minimum Gasteiger partial charge on any atom is -0.331 e. The lowest BCUT2D eigenvalue weighted by atomic mass is 9.87. The topological polar surface area (TPSA) is 95.8 Å². The number of nitrogens with one attached hydrogen (secondary N) is 2. The molecule has 1 heterocycles.